The number of rotatable bonds is 3. The Balaban J connectivity index is 0. The summed E-state index contributed by atoms with van der Waals surface area (Å²) in [5.74, 6) is 0. The van der Waals surface area contributed by atoms with Crippen LogP contribution in [0.3, 0.4) is 0 Å². The van der Waals surface area contributed by atoms with E-state index in [1.54, 1.807) is 0 Å². The second kappa shape index (κ2) is 10.4. The molecule has 1 aliphatic heterocycles. The third-order valence-corrected chi connectivity index (χ3v) is 3.15. The van der Waals surface area contributed by atoms with E-state index in [-0.39, 0.29) is 0 Å². The highest BCUT2D eigenvalue weighted by atomic mass is 15.2. The maximum atomic E-state index is 5.77. The first-order chi connectivity index (χ1) is 7.26. The Morgan fingerprint density at radius 1 is 1.13 bits per heavy atom. The molecule has 1 rings (SSSR count). The van der Waals surface area contributed by atoms with Gasteiger partial charge in [0.2, 0.25) is 0 Å². The molecule has 1 saturated heterocycles. The molecule has 0 radical (unpaired) electrons. The van der Waals surface area contributed by atoms with Crippen LogP contribution in [0.2, 0.25) is 0 Å². The van der Waals surface area contributed by atoms with Crippen molar-refractivity contribution in [2.24, 2.45) is 11.1 Å². The maximum Gasteiger partial charge on any atom is 0.00503 e. The molecule has 0 bridgehead atoms. The summed E-state index contributed by atoms with van der Waals surface area (Å²) in [5, 5.41) is 0. The Morgan fingerprint density at radius 3 is 1.87 bits per heavy atom. The summed E-state index contributed by atoms with van der Waals surface area (Å²) in [6.45, 7) is 17.0. The number of nitrogens with zero attached hydrogens (tertiary/aromatic N) is 1. The molecule has 94 valence electrons. The number of likely N-dealkylation sites (tertiary alicyclic amines) is 1. The number of hydrogen-bond acceptors (Lipinski definition) is 2. The topological polar surface area (TPSA) is 29.3 Å². The Hall–Kier alpha value is -0.0800. The Morgan fingerprint density at radius 2 is 1.67 bits per heavy atom. The summed E-state index contributed by atoms with van der Waals surface area (Å²) in [7, 11) is 0. The zero-order valence-electron chi connectivity index (χ0n) is 11.8. The largest absolute Gasteiger partial charge is 0.330 e. The molecule has 1 unspecified atom stereocenters. The van der Waals surface area contributed by atoms with Crippen LogP contribution in [0, 0.1) is 5.41 Å². The first-order valence-electron chi connectivity index (χ1n) is 6.69. The second-order valence-corrected chi connectivity index (χ2v) is 3.68. The van der Waals surface area contributed by atoms with Crippen molar-refractivity contribution in [2.45, 2.75) is 54.4 Å². The molecule has 0 aromatic heterocycles. The fraction of sp³-hybridized carbons (Fsp3) is 1.00. The lowest BCUT2D eigenvalue weighted by atomic mass is 9.85. The first kappa shape index (κ1) is 17.3. The molecular formula is C13H32N2. The van der Waals surface area contributed by atoms with E-state index in [0.29, 0.717) is 5.41 Å². The molecule has 0 spiro atoms. The molecule has 0 aliphatic carbocycles. The van der Waals surface area contributed by atoms with Gasteiger partial charge < -0.3 is 10.6 Å². The van der Waals surface area contributed by atoms with Crippen molar-refractivity contribution in [3.63, 3.8) is 0 Å². The molecule has 15 heavy (non-hydrogen) atoms. The highest BCUT2D eigenvalue weighted by molar-refractivity contribution is 4.89. The zero-order chi connectivity index (χ0) is 12.3. The van der Waals surface area contributed by atoms with E-state index in [9.17, 15) is 0 Å². The highest BCUT2D eigenvalue weighted by Crippen LogP contribution is 2.32. The molecule has 2 nitrogen and oxygen atoms in total. The van der Waals surface area contributed by atoms with Gasteiger partial charge in [0.05, 0.1) is 0 Å². The molecule has 1 atom stereocenters. The van der Waals surface area contributed by atoms with Gasteiger partial charge in [-0.15, -0.1) is 0 Å². The monoisotopic (exact) mass is 216 g/mol. The second-order valence-electron chi connectivity index (χ2n) is 3.68. The van der Waals surface area contributed by atoms with Crippen molar-refractivity contribution in [2.75, 3.05) is 26.2 Å². The van der Waals surface area contributed by atoms with Crippen LogP contribution in [0.15, 0.2) is 0 Å². The van der Waals surface area contributed by atoms with Crippen LogP contribution in [-0.2, 0) is 0 Å². The Labute approximate surface area is 97.2 Å². The normalized spacial score (nSPS) is 25.0. The van der Waals surface area contributed by atoms with Crippen molar-refractivity contribution in [3.8, 4) is 0 Å². The minimum Gasteiger partial charge on any atom is -0.330 e. The van der Waals surface area contributed by atoms with Crippen molar-refractivity contribution in [1.29, 1.82) is 0 Å². The van der Waals surface area contributed by atoms with Gasteiger partial charge in [0.25, 0.3) is 0 Å². The lowest BCUT2D eigenvalue weighted by molar-refractivity contribution is 0.262. The Kier molecular flexibility index (Phi) is 12.1. The number of hydrogen-bond donors (Lipinski definition) is 1. The molecule has 1 heterocycles. The van der Waals surface area contributed by atoms with Gasteiger partial charge in [-0.3, -0.25) is 0 Å². The van der Waals surface area contributed by atoms with Crippen molar-refractivity contribution >= 4 is 0 Å². The summed E-state index contributed by atoms with van der Waals surface area (Å²) in [4.78, 5) is 2.50. The van der Waals surface area contributed by atoms with E-state index in [1.807, 2.05) is 27.7 Å². The van der Waals surface area contributed by atoms with Crippen molar-refractivity contribution < 1.29 is 0 Å². The molecule has 2 heteroatoms. The van der Waals surface area contributed by atoms with E-state index in [0.717, 1.165) is 6.54 Å². The van der Waals surface area contributed by atoms with E-state index >= 15 is 0 Å². The molecule has 0 aromatic carbocycles. The highest BCUT2D eigenvalue weighted by Gasteiger charge is 2.34. The molecule has 0 amide bonds. The van der Waals surface area contributed by atoms with Gasteiger partial charge in [0, 0.05) is 6.54 Å². The minimum absolute atomic E-state index is 0.454. The zero-order valence-corrected chi connectivity index (χ0v) is 11.8. The molecule has 1 fully saturated rings. The molecule has 2 N–H and O–H groups in total. The minimum atomic E-state index is 0.454. The third kappa shape index (κ3) is 5.53. The summed E-state index contributed by atoms with van der Waals surface area (Å²) in [6, 6.07) is 0. The van der Waals surface area contributed by atoms with E-state index in [2.05, 4.69) is 18.7 Å². The predicted octanol–water partition coefficient (Wildman–Crippen LogP) is 3.12. The van der Waals surface area contributed by atoms with E-state index < -0.39 is 0 Å². The molecule has 0 saturated carbocycles. The van der Waals surface area contributed by atoms with E-state index in [1.165, 1.54) is 32.5 Å². The van der Waals surface area contributed by atoms with Gasteiger partial charge in [-0.05, 0) is 37.9 Å². The smallest absolute Gasteiger partial charge is 0.00503 e. The van der Waals surface area contributed by atoms with Crippen molar-refractivity contribution in [1.82, 2.24) is 4.90 Å². The van der Waals surface area contributed by atoms with Gasteiger partial charge in [-0.2, -0.15) is 0 Å². The number of nitrogens with two attached hydrogens (primary N) is 1. The standard InChI is InChI=1S/C9H20N2.2C2H6/c1-3-9(7-10)5-6-11(4-2)8-9;2*1-2/h3-8,10H2,1-2H3;2*1-2H3. The van der Waals surface area contributed by atoms with Gasteiger partial charge in [-0.1, -0.05) is 41.5 Å². The summed E-state index contributed by atoms with van der Waals surface area (Å²) in [5.41, 5.74) is 6.22. The van der Waals surface area contributed by atoms with Crippen LogP contribution in [0.25, 0.3) is 0 Å². The Bertz CT molecular complexity index is 120. The SMILES string of the molecule is CC.CC.CCN1CCC(CC)(CN)C1. The third-order valence-electron chi connectivity index (χ3n) is 3.15. The fourth-order valence-electron chi connectivity index (χ4n) is 1.90. The van der Waals surface area contributed by atoms with Crippen LogP contribution < -0.4 is 5.73 Å². The van der Waals surface area contributed by atoms with Gasteiger partial charge in [-0.25, -0.2) is 0 Å². The maximum absolute atomic E-state index is 5.77. The van der Waals surface area contributed by atoms with Gasteiger partial charge in [0.15, 0.2) is 0 Å². The van der Waals surface area contributed by atoms with Crippen LogP contribution >= 0.6 is 0 Å². The predicted molar refractivity (Wildman–Crippen MR) is 71.2 cm³/mol. The van der Waals surface area contributed by atoms with Crippen LogP contribution in [0.5, 0.6) is 0 Å². The van der Waals surface area contributed by atoms with Crippen LogP contribution in [0.4, 0.5) is 0 Å². The average molecular weight is 216 g/mol. The lowest BCUT2D eigenvalue weighted by Gasteiger charge is -2.25. The summed E-state index contributed by atoms with van der Waals surface area (Å²) in [6.07, 6.45) is 2.54. The molecule has 1 aliphatic rings. The average Bonchev–Trinajstić information content (AvgIpc) is 2.78. The van der Waals surface area contributed by atoms with Crippen LogP contribution in [0.1, 0.15) is 54.4 Å². The van der Waals surface area contributed by atoms with Gasteiger partial charge in [0.1, 0.15) is 0 Å². The molecular weight excluding hydrogens is 184 g/mol. The van der Waals surface area contributed by atoms with E-state index in [4.69, 9.17) is 5.73 Å². The summed E-state index contributed by atoms with van der Waals surface area (Å²) < 4.78 is 0. The van der Waals surface area contributed by atoms with Crippen molar-refractivity contribution in [3.05, 3.63) is 0 Å². The fourth-order valence-corrected chi connectivity index (χ4v) is 1.90. The lowest BCUT2D eigenvalue weighted by Crippen LogP contribution is -2.33. The molecule has 0 aromatic rings. The van der Waals surface area contributed by atoms with Crippen LogP contribution in [-0.4, -0.2) is 31.1 Å². The quantitative estimate of drug-likeness (QED) is 0.785. The first-order valence-corrected chi connectivity index (χ1v) is 6.69. The van der Waals surface area contributed by atoms with Gasteiger partial charge >= 0.3 is 0 Å². The summed E-state index contributed by atoms with van der Waals surface area (Å²) >= 11 is 0.